The van der Waals surface area contributed by atoms with Crippen LogP contribution in [-0.4, -0.2) is 88.7 Å². The van der Waals surface area contributed by atoms with Gasteiger partial charge in [0, 0.05) is 25.2 Å². The quantitative estimate of drug-likeness (QED) is 0.199. The Balaban J connectivity index is 1.74. The van der Waals surface area contributed by atoms with E-state index in [9.17, 15) is 19.2 Å². The van der Waals surface area contributed by atoms with Crippen molar-refractivity contribution in [1.82, 2.24) is 20.0 Å². The van der Waals surface area contributed by atoms with Crippen molar-refractivity contribution < 1.29 is 23.9 Å². The van der Waals surface area contributed by atoms with Gasteiger partial charge in [0.05, 0.1) is 12.1 Å². The number of likely N-dealkylation sites (tertiary alicyclic amines) is 2. The molecular formula is C38H60N4O5. The lowest BCUT2D eigenvalue weighted by Crippen LogP contribution is -2.58. The van der Waals surface area contributed by atoms with Crippen LogP contribution in [0.3, 0.4) is 0 Å². The van der Waals surface area contributed by atoms with Gasteiger partial charge in [0.1, 0.15) is 18.2 Å². The molecule has 0 aromatic heterocycles. The van der Waals surface area contributed by atoms with Crippen molar-refractivity contribution in [1.29, 1.82) is 0 Å². The predicted octanol–water partition coefficient (Wildman–Crippen LogP) is 5.90. The molecule has 2 fully saturated rings. The van der Waals surface area contributed by atoms with Crippen molar-refractivity contribution in [3.63, 3.8) is 0 Å². The van der Waals surface area contributed by atoms with Crippen LogP contribution in [0, 0.1) is 11.8 Å². The van der Waals surface area contributed by atoms with Gasteiger partial charge in [0.15, 0.2) is 0 Å². The van der Waals surface area contributed by atoms with Crippen LogP contribution >= 0.6 is 0 Å². The van der Waals surface area contributed by atoms with Crippen molar-refractivity contribution in [3.05, 3.63) is 47.5 Å². The molecule has 0 radical (unpaired) electrons. The molecule has 1 N–H and O–H groups in total. The maximum Gasteiger partial charge on any atom is 0.329 e. The summed E-state index contributed by atoms with van der Waals surface area (Å²) in [6.07, 6.45) is 7.20. The first-order chi connectivity index (χ1) is 22.3. The first-order valence-corrected chi connectivity index (χ1v) is 17.9. The van der Waals surface area contributed by atoms with Gasteiger partial charge in [-0.05, 0) is 76.8 Å². The molecule has 9 heteroatoms. The van der Waals surface area contributed by atoms with Crippen molar-refractivity contribution in [2.75, 3.05) is 20.1 Å². The van der Waals surface area contributed by atoms with Gasteiger partial charge in [-0.15, -0.1) is 0 Å². The zero-order valence-electron chi connectivity index (χ0n) is 30.3. The number of piperidine rings is 1. The summed E-state index contributed by atoms with van der Waals surface area (Å²) in [5.74, 6) is -0.979. The summed E-state index contributed by atoms with van der Waals surface area (Å²) in [5.41, 5.74) is 1.44. The van der Waals surface area contributed by atoms with E-state index < -0.39 is 12.1 Å². The second-order valence-electron chi connectivity index (χ2n) is 14.4. The van der Waals surface area contributed by atoms with E-state index in [1.807, 2.05) is 64.1 Å². The molecule has 3 amide bonds. The van der Waals surface area contributed by atoms with E-state index in [0.29, 0.717) is 25.0 Å². The minimum atomic E-state index is -0.687. The summed E-state index contributed by atoms with van der Waals surface area (Å²) in [4.78, 5) is 60.3. The number of benzene rings is 1. The molecule has 0 spiro atoms. The number of likely N-dealkylation sites (N-methyl/N-ethyl adjacent to an activating group) is 1. The second-order valence-corrected chi connectivity index (χ2v) is 14.4. The van der Waals surface area contributed by atoms with Gasteiger partial charge >= 0.3 is 5.97 Å². The lowest BCUT2D eigenvalue weighted by molar-refractivity contribution is -0.158. The molecule has 0 saturated carbocycles. The fraction of sp³-hybridized carbons (Fsp3) is 0.684. The van der Waals surface area contributed by atoms with Crippen molar-refractivity contribution in [2.24, 2.45) is 11.8 Å². The molecule has 0 aliphatic carbocycles. The zero-order chi connectivity index (χ0) is 34.8. The Morgan fingerprint density at radius 1 is 0.936 bits per heavy atom. The fourth-order valence-electron chi connectivity index (χ4n) is 6.99. The van der Waals surface area contributed by atoms with Crippen LogP contribution in [0.5, 0.6) is 0 Å². The number of rotatable bonds is 14. The van der Waals surface area contributed by atoms with Gasteiger partial charge in [-0.1, -0.05) is 83.9 Å². The van der Waals surface area contributed by atoms with Crippen LogP contribution in [0.4, 0.5) is 0 Å². The van der Waals surface area contributed by atoms with Gasteiger partial charge in [-0.2, -0.15) is 0 Å². The third kappa shape index (κ3) is 9.91. The van der Waals surface area contributed by atoms with Crippen LogP contribution < -0.4 is 5.32 Å². The highest BCUT2D eigenvalue weighted by molar-refractivity contribution is 5.96. The Morgan fingerprint density at radius 2 is 1.60 bits per heavy atom. The van der Waals surface area contributed by atoms with Crippen LogP contribution in [0.25, 0.3) is 0 Å². The molecule has 5 atom stereocenters. The van der Waals surface area contributed by atoms with Crippen LogP contribution in [0.2, 0.25) is 0 Å². The Bertz CT molecular complexity index is 1230. The summed E-state index contributed by atoms with van der Waals surface area (Å²) in [7, 11) is 1.75. The molecule has 1 aromatic carbocycles. The van der Waals surface area contributed by atoms with Gasteiger partial charge in [0.2, 0.25) is 17.7 Å². The largest absolute Gasteiger partial charge is 0.456 e. The van der Waals surface area contributed by atoms with Crippen LogP contribution in [0.1, 0.15) is 112 Å². The van der Waals surface area contributed by atoms with Crippen molar-refractivity contribution in [3.8, 4) is 0 Å². The van der Waals surface area contributed by atoms with E-state index in [2.05, 4.69) is 31.0 Å². The molecule has 3 rings (SSSR count). The minimum absolute atomic E-state index is 0.00463. The van der Waals surface area contributed by atoms with E-state index in [0.717, 1.165) is 44.2 Å². The van der Waals surface area contributed by atoms with Gasteiger partial charge in [-0.25, -0.2) is 4.79 Å². The maximum atomic E-state index is 14.0. The molecule has 262 valence electrons. The number of carbonyl (C=O) groups excluding carboxylic acids is 4. The molecule has 9 nitrogen and oxygen atoms in total. The lowest BCUT2D eigenvalue weighted by Gasteiger charge is -2.39. The van der Waals surface area contributed by atoms with E-state index in [1.165, 1.54) is 0 Å². The van der Waals surface area contributed by atoms with Gasteiger partial charge < -0.3 is 19.9 Å². The molecule has 2 heterocycles. The lowest BCUT2D eigenvalue weighted by atomic mass is 9.95. The smallest absolute Gasteiger partial charge is 0.329 e. The SMILES string of the molecule is CCC[C@H](OC(=O)[C@@H]1CCCN1C(=O)C(C)=C[C@H](C(C)C)N(C)C(=O)[C@@H](NC(=O)[C@H]1CCCCN1C(C)C)C(C)C)c1ccccc1. The fourth-order valence-corrected chi connectivity index (χ4v) is 6.99. The Hall–Kier alpha value is -3.20. The molecular weight excluding hydrogens is 592 g/mol. The molecule has 0 bridgehead atoms. The van der Waals surface area contributed by atoms with Crippen LogP contribution in [0.15, 0.2) is 42.0 Å². The molecule has 1 aromatic rings. The third-order valence-corrected chi connectivity index (χ3v) is 9.74. The third-order valence-electron chi connectivity index (χ3n) is 9.74. The minimum Gasteiger partial charge on any atom is -0.456 e. The number of esters is 1. The second kappa shape index (κ2) is 17.8. The highest BCUT2D eigenvalue weighted by atomic mass is 16.5. The average Bonchev–Trinajstić information content (AvgIpc) is 3.55. The van der Waals surface area contributed by atoms with E-state index in [-0.39, 0.29) is 59.8 Å². The Morgan fingerprint density at radius 3 is 2.19 bits per heavy atom. The van der Waals surface area contributed by atoms with E-state index in [4.69, 9.17) is 4.74 Å². The average molecular weight is 653 g/mol. The summed E-state index contributed by atoms with van der Waals surface area (Å²) in [6, 6.07) is 8.04. The van der Waals surface area contributed by atoms with Crippen molar-refractivity contribution >= 4 is 23.7 Å². The molecule has 47 heavy (non-hydrogen) atoms. The molecule has 2 aliphatic heterocycles. The Labute approximate surface area is 283 Å². The number of nitrogens with zero attached hydrogens (tertiary/aromatic N) is 3. The molecule has 2 aliphatic rings. The van der Waals surface area contributed by atoms with E-state index in [1.54, 1.807) is 23.8 Å². The summed E-state index contributed by atoms with van der Waals surface area (Å²) >= 11 is 0. The Kier molecular flexibility index (Phi) is 14.5. The molecule has 0 unspecified atom stereocenters. The highest BCUT2D eigenvalue weighted by Gasteiger charge is 2.39. The standard InChI is InChI=1S/C38H60N4O5/c1-10-17-33(29-18-12-11-13-19-29)47-38(46)31-21-16-23-42(31)36(44)28(8)24-32(25(2)3)40(9)37(45)34(26(4)5)39-35(43)30-20-14-15-22-41(30)27(6)7/h11-13,18-19,24-27,30-34H,10,14-17,20-23H2,1-9H3,(H,39,43)/t30-,31+,32-,33+,34+/m1/s1. The highest BCUT2D eigenvalue weighted by Crippen LogP contribution is 2.28. The zero-order valence-corrected chi connectivity index (χ0v) is 30.3. The summed E-state index contributed by atoms with van der Waals surface area (Å²) in [5, 5.41) is 3.10. The first-order valence-electron chi connectivity index (χ1n) is 17.9. The van der Waals surface area contributed by atoms with Gasteiger partial charge in [0.25, 0.3) is 0 Å². The van der Waals surface area contributed by atoms with Gasteiger partial charge in [-0.3, -0.25) is 19.3 Å². The normalized spacial score (nSPS) is 21.1. The number of hydrogen-bond donors (Lipinski definition) is 1. The first kappa shape index (κ1) is 38.2. The van der Waals surface area contributed by atoms with Crippen LogP contribution in [-0.2, 0) is 23.9 Å². The topological polar surface area (TPSA) is 99.3 Å². The van der Waals surface area contributed by atoms with E-state index >= 15 is 0 Å². The molecule has 2 saturated heterocycles. The number of hydrogen-bond acceptors (Lipinski definition) is 6. The van der Waals surface area contributed by atoms with Crippen molar-refractivity contribution in [2.45, 2.75) is 137 Å². The predicted molar refractivity (Wildman–Crippen MR) is 186 cm³/mol. The summed E-state index contributed by atoms with van der Waals surface area (Å²) in [6.45, 7) is 17.3. The maximum absolute atomic E-state index is 14.0. The number of nitrogens with one attached hydrogen (secondary N) is 1. The summed E-state index contributed by atoms with van der Waals surface area (Å²) < 4.78 is 6.01. The number of ether oxygens (including phenoxy) is 1. The monoisotopic (exact) mass is 652 g/mol. The number of carbonyl (C=O) groups is 4. The number of amides is 3.